The molecule has 0 aliphatic carbocycles. The van der Waals surface area contributed by atoms with Gasteiger partial charge in [0.15, 0.2) is 11.6 Å². The molecule has 0 saturated heterocycles. The topological polar surface area (TPSA) is 80.1 Å². The molecular weight excluding hydrogens is 366 g/mol. The van der Waals surface area contributed by atoms with Gasteiger partial charge in [0.05, 0.1) is 31.0 Å². The van der Waals surface area contributed by atoms with Gasteiger partial charge in [0.25, 0.3) is 0 Å². The Morgan fingerprint density at radius 1 is 1.17 bits per heavy atom. The minimum atomic E-state index is 0.652. The molecule has 0 amide bonds. The second-order valence-electron chi connectivity index (χ2n) is 7.10. The molecule has 1 aliphatic heterocycles. The van der Waals surface area contributed by atoms with E-state index in [2.05, 4.69) is 20.1 Å². The van der Waals surface area contributed by atoms with Crippen molar-refractivity contribution in [3.63, 3.8) is 0 Å². The molecule has 146 valence electrons. The van der Waals surface area contributed by atoms with Crippen molar-refractivity contribution in [3.05, 3.63) is 71.9 Å². The molecule has 0 bridgehead atoms. The quantitative estimate of drug-likeness (QED) is 0.563. The summed E-state index contributed by atoms with van der Waals surface area (Å²) in [6, 6.07) is 11.8. The molecule has 1 aliphatic rings. The maximum Gasteiger partial charge on any atom is 0.195 e. The number of methoxy groups -OCH3 is 1. The number of nitrogens with one attached hydrogen (secondary N) is 1. The molecule has 7 heteroatoms. The van der Waals surface area contributed by atoms with Gasteiger partial charge in [0, 0.05) is 48.9 Å². The molecule has 3 aromatic heterocycles. The van der Waals surface area contributed by atoms with Crippen molar-refractivity contribution in [2.75, 3.05) is 13.7 Å². The van der Waals surface area contributed by atoms with Crippen LogP contribution in [0.3, 0.4) is 0 Å². The van der Waals surface area contributed by atoms with Crippen molar-refractivity contribution in [2.24, 2.45) is 0 Å². The fraction of sp³-hybridized carbons (Fsp3) is 0.227. The van der Waals surface area contributed by atoms with Gasteiger partial charge in [-0.1, -0.05) is 0 Å². The van der Waals surface area contributed by atoms with Gasteiger partial charge in [-0.25, -0.2) is 9.97 Å². The molecule has 0 spiro atoms. The van der Waals surface area contributed by atoms with E-state index in [1.54, 1.807) is 13.4 Å². The van der Waals surface area contributed by atoms with Crippen LogP contribution in [0.4, 0.5) is 0 Å². The number of rotatable bonds is 5. The lowest BCUT2D eigenvalue weighted by molar-refractivity contribution is 0.243. The maximum atomic E-state index is 5.42. The predicted molar refractivity (Wildman–Crippen MR) is 108 cm³/mol. The van der Waals surface area contributed by atoms with Crippen molar-refractivity contribution in [2.45, 2.75) is 19.5 Å². The number of aromatic amines is 1. The highest BCUT2D eigenvalue weighted by molar-refractivity contribution is 5.63. The van der Waals surface area contributed by atoms with Crippen molar-refractivity contribution < 1.29 is 9.15 Å². The summed E-state index contributed by atoms with van der Waals surface area (Å²) in [5, 5.41) is 7.41. The third kappa shape index (κ3) is 3.52. The fourth-order valence-corrected chi connectivity index (χ4v) is 3.71. The summed E-state index contributed by atoms with van der Waals surface area (Å²) < 4.78 is 10.7. The zero-order valence-corrected chi connectivity index (χ0v) is 16.1. The van der Waals surface area contributed by atoms with Crippen molar-refractivity contribution in [1.82, 2.24) is 25.1 Å². The summed E-state index contributed by atoms with van der Waals surface area (Å²) in [6.45, 7) is 2.58. The smallest absolute Gasteiger partial charge is 0.195 e. The first-order chi connectivity index (χ1) is 14.3. The summed E-state index contributed by atoms with van der Waals surface area (Å²) in [5.74, 6) is 2.20. The van der Waals surface area contributed by atoms with Gasteiger partial charge in [0.1, 0.15) is 5.75 Å². The number of furan rings is 1. The summed E-state index contributed by atoms with van der Waals surface area (Å²) in [7, 11) is 1.67. The fourth-order valence-electron chi connectivity index (χ4n) is 3.71. The van der Waals surface area contributed by atoms with Gasteiger partial charge in [-0.05, 0) is 36.4 Å². The van der Waals surface area contributed by atoms with E-state index >= 15 is 0 Å². The molecule has 0 radical (unpaired) electrons. The van der Waals surface area contributed by atoms with Gasteiger partial charge >= 0.3 is 0 Å². The first kappa shape index (κ1) is 17.6. The Kier molecular flexibility index (Phi) is 4.57. The number of hydrogen-bond donors (Lipinski definition) is 1. The lowest BCUT2D eigenvalue weighted by atomic mass is 10.0. The maximum absolute atomic E-state index is 5.42. The first-order valence-electron chi connectivity index (χ1n) is 9.58. The standard InChI is InChI=1S/C22H21N5O2/c1-28-18-6-4-15(5-7-18)21-17(12-24-26-21)14-27-9-8-19-16(13-27)11-23-22(25-19)20-3-2-10-29-20/h2-7,10-12H,8-9,13-14H2,1H3,(H,24,26). The molecule has 7 nitrogen and oxygen atoms in total. The van der Waals surface area contributed by atoms with Crippen LogP contribution in [-0.4, -0.2) is 38.7 Å². The summed E-state index contributed by atoms with van der Waals surface area (Å²) in [4.78, 5) is 11.6. The molecule has 0 unspecified atom stereocenters. The number of nitrogens with zero attached hydrogens (tertiary/aromatic N) is 4. The number of aromatic nitrogens is 4. The van der Waals surface area contributed by atoms with E-state index in [9.17, 15) is 0 Å². The van der Waals surface area contributed by atoms with E-state index in [0.29, 0.717) is 11.6 Å². The molecule has 0 fully saturated rings. The Morgan fingerprint density at radius 2 is 2.07 bits per heavy atom. The third-order valence-corrected chi connectivity index (χ3v) is 5.25. The Hall–Kier alpha value is -3.45. The molecule has 0 saturated carbocycles. The van der Waals surface area contributed by atoms with E-state index in [0.717, 1.165) is 48.8 Å². The summed E-state index contributed by atoms with van der Waals surface area (Å²) >= 11 is 0. The first-order valence-corrected chi connectivity index (χ1v) is 9.58. The normalized spacial score (nSPS) is 14.0. The molecule has 4 aromatic rings. The SMILES string of the molecule is COc1ccc(-c2[nH]ncc2CN2CCc3nc(-c4ccco4)ncc3C2)cc1. The Balaban J connectivity index is 1.32. The van der Waals surface area contributed by atoms with Gasteiger partial charge in [-0.3, -0.25) is 10.00 Å². The molecule has 1 aromatic carbocycles. The lowest BCUT2D eigenvalue weighted by Crippen LogP contribution is -2.31. The highest BCUT2D eigenvalue weighted by Crippen LogP contribution is 2.27. The Labute approximate surface area is 168 Å². The average molecular weight is 387 g/mol. The van der Waals surface area contributed by atoms with Crippen molar-refractivity contribution in [3.8, 4) is 28.6 Å². The van der Waals surface area contributed by atoms with Crippen LogP contribution in [0.2, 0.25) is 0 Å². The summed E-state index contributed by atoms with van der Waals surface area (Å²) in [6.07, 6.45) is 6.37. The zero-order chi connectivity index (χ0) is 19.6. The number of benzene rings is 1. The number of ether oxygens (including phenoxy) is 1. The van der Waals surface area contributed by atoms with Gasteiger partial charge in [-0.2, -0.15) is 5.10 Å². The highest BCUT2D eigenvalue weighted by atomic mass is 16.5. The second kappa shape index (κ2) is 7.52. The highest BCUT2D eigenvalue weighted by Gasteiger charge is 2.21. The van der Waals surface area contributed by atoms with Gasteiger partial charge < -0.3 is 9.15 Å². The second-order valence-corrected chi connectivity index (χ2v) is 7.10. The van der Waals surface area contributed by atoms with Gasteiger partial charge in [-0.15, -0.1) is 0 Å². The molecule has 5 rings (SSSR count). The van der Waals surface area contributed by atoms with Crippen LogP contribution in [0.1, 0.15) is 16.8 Å². The van der Waals surface area contributed by atoms with E-state index in [1.807, 2.05) is 48.8 Å². The largest absolute Gasteiger partial charge is 0.497 e. The predicted octanol–water partition coefficient (Wildman–Crippen LogP) is 3.69. The molecule has 0 atom stereocenters. The zero-order valence-electron chi connectivity index (χ0n) is 16.1. The van der Waals surface area contributed by atoms with E-state index in [-0.39, 0.29) is 0 Å². The minimum Gasteiger partial charge on any atom is -0.497 e. The van der Waals surface area contributed by atoms with E-state index in [1.165, 1.54) is 11.1 Å². The molecule has 1 N–H and O–H groups in total. The molecule has 4 heterocycles. The van der Waals surface area contributed by atoms with Crippen LogP contribution in [0.15, 0.2) is 59.5 Å². The lowest BCUT2D eigenvalue weighted by Gasteiger charge is -2.27. The summed E-state index contributed by atoms with van der Waals surface area (Å²) in [5.41, 5.74) is 5.59. The minimum absolute atomic E-state index is 0.652. The molecular formula is C22H21N5O2. The average Bonchev–Trinajstić information content (AvgIpc) is 3.46. The van der Waals surface area contributed by atoms with Crippen molar-refractivity contribution in [1.29, 1.82) is 0 Å². The Bertz CT molecular complexity index is 1100. The van der Waals surface area contributed by atoms with Crippen LogP contribution in [-0.2, 0) is 19.5 Å². The van der Waals surface area contributed by atoms with E-state index in [4.69, 9.17) is 14.1 Å². The number of hydrogen-bond acceptors (Lipinski definition) is 6. The van der Waals surface area contributed by atoms with Crippen LogP contribution >= 0.6 is 0 Å². The number of fused-ring (bicyclic) bond motifs is 1. The van der Waals surface area contributed by atoms with Crippen LogP contribution in [0.25, 0.3) is 22.8 Å². The van der Waals surface area contributed by atoms with Crippen molar-refractivity contribution >= 4 is 0 Å². The van der Waals surface area contributed by atoms with Gasteiger partial charge in [0.2, 0.25) is 0 Å². The monoisotopic (exact) mass is 387 g/mol. The number of H-pyrrole nitrogens is 1. The third-order valence-electron chi connectivity index (χ3n) is 5.25. The van der Waals surface area contributed by atoms with E-state index < -0.39 is 0 Å². The van der Waals surface area contributed by atoms with Crippen LogP contribution in [0.5, 0.6) is 5.75 Å². The van der Waals surface area contributed by atoms with Crippen LogP contribution < -0.4 is 4.74 Å². The molecule has 29 heavy (non-hydrogen) atoms. The van der Waals surface area contributed by atoms with Crippen LogP contribution in [0, 0.1) is 0 Å². The Morgan fingerprint density at radius 3 is 2.86 bits per heavy atom.